The average Bonchev–Trinajstić information content (AvgIpc) is 3.15. The van der Waals surface area contributed by atoms with E-state index >= 15 is 0 Å². The van der Waals surface area contributed by atoms with Gasteiger partial charge in [-0.15, -0.1) is 0 Å². The van der Waals surface area contributed by atoms with Crippen molar-refractivity contribution in [3.05, 3.63) is 57.9 Å². The fourth-order valence-corrected chi connectivity index (χ4v) is 4.11. The van der Waals surface area contributed by atoms with Gasteiger partial charge in [0.1, 0.15) is 22.5 Å². The van der Waals surface area contributed by atoms with Crippen LogP contribution in [0.5, 0.6) is 11.5 Å². The molecule has 134 valence electrons. The monoisotopic (exact) mass is 379 g/mol. The molecule has 0 amide bonds. The largest absolute Gasteiger partial charge is 0.497 e. The van der Waals surface area contributed by atoms with Gasteiger partial charge in [0.25, 0.3) is 5.56 Å². The zero-order valence-electron chi connectivity index (χ0n) is 14.2. The highest BCUT2D eigenvalue weighted by molar-refractivity contribution is 7.00. The minimum Gasteiger partial charge on any atom is -0.497 e. The van der Waals surface area contributed by atoms with Gasteiger partial charge in [0.2, 0.25) is 0 Å². The van der Waals surface area contributed by atoms with Crippen molar-refractivity contribution in [2.24, 2.45) is 0 Å². The molecule has 4 aromatic rings. The van der Waals surface area contributed by atoms with E-state index in [9.17, 15) is 9.59 Å². The summed E-state index contributed by atoms with van der Waals surface area (Å²) in [5.74, 6) is 0.284. The minimum absolute atomic E-state index is 0.0778. The van der Waals surface area contributed by atoms with Crippen LogP contribution in [0, 0.1) is 0 Å². The van der Waals surface area contributed by atoms with Crippen molar-refractivity contribution in [3.63, 3.8) is 0 Å². The Morgan fingerprint density at radius 1 is 1.19 bits per heavy atom. The first kappa shape index (κ1) is 16.0. The van der Waals surface area contributed by atoms with Gasteiger partial charge in [0.15, 0.2) is 0 Å². The summed E-state index contributed by atoms with van der Waals surface area (Å²) in [4.78, 5) is 27.9. The smallest absolute Gasteiger partial charge is 0.312 e. The molecule has 0 spiro atoms. The van der Waals surface area contributed by atoms with Gasteiger partial charge in [-0.2, -0.15) is 8.75 Å². The molecule has 0 fully saturated rings. The molecule has 2 aromatic carbocycles. The molecular formula is C19H13N3O4S. The fraction of sp³-hybridized carbons (Fsp3) is 0.158. The topological polar surface area (TPSA) is 94.2 Å². The highest BCUT2D eigenvalue weighted by atomic mass is 32.1. The number of aromatic nitrogens is 3. The standard InChI is InChI=1S/C19H13N3O4S/c1-25-10-3-2-9-6-12(19(24)20-14(9)7-10)11-8-16(23)26-15-5-4-13-18(17(11)15)22-27-21-13/h2-7,11H,8H2,1H3,(H,20,24). The van der Waals surface area contributed by atoms with E-state index in [1.54, 1.807) is 25.3 Å². The van der Waals surface area contributed by atoms with Crippen LogP contribution in [-0.2, 0) is 4.79 Å². The Balaban J connectivity index is 1.75. The molecule has 1 N–H and O–H groups in total. The van der Waals surface area contributed by atoms with E-state index in [0.717, 1.165) is 28.2 Å². The Bertz CT molecular complexity index is 1280. The maximum absolute atomic E-state index is 12.8. The van der Waals surface area contributed by atoms with Crippen LogP contribution < -0.4 is 15.0 Å². The SMILES string of the molecule is COc1ccc2cc(C3CC(=O)Oc4ccc5nsnc5c43)c(=O)[nH]c2c1. The first-order valence-electron chi connectivity index (χ1n) is 8.31. The lowest BCUT2D eigenvalue weighted by Gasteiger charge is -2.24. The Morgan fingerprint density at radius 2 is 2.07 bits per heavy atom. The third-order valence-corrected chi connectivity index (χ3v) is 5.37. The van der Waals surface area contributed by atoms with Crippen LogP contribution in [0.4, 0.5) is 0 Å². The van der Waals surface area contributed by atoms with Gasteiger partial charge in [-0.1, -0.05) is 0 Å². The van der Waals surface area contributed by atoms with Gasteiger partial charge in [-0.05, 0) is 35.7 Å². The normalized spacial score (nSPS) is 16.3. The number of nitrogens with one attached hydrogen (secondary N) is 1. The van der Waals surface area contributed by atoms with Gasteiger partial charge >= 0.3 is 5.97 Å². The molecule has 8 heteroatoms. The molecular weight excluding hydrogens is 366 g/mol. The molecule has 1 atom stereocenters. The van der Waals surface area contributed by atoms with Crippen LogP contribution in [0.25, 0.3) is 21.9 Å². The van der Waals surface area contributed by atoms with E-state index in [2.05, 4.69) is 13.7 Å². The number of hydrogen-bond donors (Lipinski definition) is 1. The molecule has 0 bridgehead atoms. The number of H-pyrrole nitrogens is 1. The number of carbonyl (C=O) groups excluding carboxylic acids is 1. The molecule has 0 saturated carbocycles. The van der Waals surface area contributed by atoms with E-state index < -0.39 is 5.92 Å². The van der Waals surface area contributed by atoms with Crippen molar-refractivity contribution < 1.29 is 14.3 Å². The third kappa shape index (κ3) is 2.48. The summed E-state index contributed by atoms with van der Waals surface area (Å²) in [5, 5.41) is 0.856. The lowest BCUT2D eigenvalue weighted by atomic mass is 9.85. The van der Waals surface area contributed by atoms with Crippen molar-refractivity contribution >= 4 is 39.6 Å². The summed E-state index contributed by atoms with van der Waals surface area (Å²) in [5.41, 5.74) is 3.06. The number of aromatic amines is 1. The Kier molecular flexibility index (Phi) is 3.48. The second-order valence-corrected chi connectivity index (χ2v) is 6.88. The van der Waals surface area contributed by atoms with Crippen molar-refractivity contribution in [2.75, 3.05) is 7.11 Å². The summed E-state index contributed by atoms with van der Waals surface area (Å²) in [6, 6.07) is 10.8. The highest BCUT2D eigenvalue weighted by Crippen LogP contribution is 2.41. The van der Waals surface area contributed by atoms with Crippen molar-refractivity contribution in [1.82, 2.24) is 13.7 Å². The van der Waals surface area contributed by atoms with E-state index in [0.29, 0.717) is 28.1 Å². The summed E-state index contributed by atoms with van der Waals surface area (Å²) in [7, 11) is 1.57. The lowest BCUT2D eigenvalue weighted by molar-refractivity contribution is -0.135. The number of nitrogens with zero attached hydrogens (tertiary/aromatic N) is 2. The van der Waals surface area contributed by atoms with Crippen molar-refractivity contribution in [1.29, 1.82) is 0 Å². The van der Waals surface area contributed by atoms with Gasteiger partial charge in [-0.3, -0.25) is 9.59 Å². The third-order valence-electron chi connectivity index (χ3n) is 4.83. The van der Waals surface area contributed by atoms with Crippen LogP contribution >= 0.6 is 11.7 Å². The van der Waals surface area contributed by atoms with E-state index in [-0.39, 0.29) is 17.9 Å². The fourth-order valence-electron chi connectivity index (χ4n) is 3.56. The molecule has 1 unspecified atom stereocenters. The van der Waals surface area contributed by atoms with Crippen LogP contribution in [0.3, 0.4) is 0 Å². The Labute approximate surface area is 156 Å². The number of methoxy groups -OCH3 is 1. The summed E-state index contributed by atoms with van der Waals surface area (Å²) < 4.78 is 19.2. The quantitative estimate of drug-likeness (QED) is 0.425. The van der Waals surface area contributed by atoms with Gasteiger partial charge < -0.3 is 14.5 Å². The first-order chi connectivity index (χ1) is 13.1. The zero-order valence-corrected chi connectivity index (χ0v) is 15.0. The zero-order chi connectivity index (χ0) is 18.5. The van der Waals surface area contributed by atoms with Crippen molar-refractivity contribution in [3.8, 4) is 11.5 Å². The highest BCUT2D eigenvalue weighted by Gasteiger charge is 2.33. The number of rotatable bonds is 2. The number of hydrogen-bond acceptors (Lipinski definition) is 7. The molecule has 0 aliphatic carbocycles. The van der Waals surface area contributed by atoms with E-state index in [1.807, 2.05) is 18.2 Å². The maximum atomic E-state index is 12.8. The van der Waals surface area contributed by atoms with Gasteiger partial charge in [-0.25, -0.2) is 0 Å². The minimum atomic E-state index is -0.441. The molecule has 27 heavy (non-hydrogen) atoms. The first-order valence-corrected chi connectivity index (χ1v) is 9.04. The van der Waals surface area contributed by atoms with Crippen molar-refractivity contribution in [2.45, 2.75) is 12.3 Å². The number of carbonyl (C=O) groups is 1. The van der Waals surface area contributed by atoms with Gasteiger partial charge in [0, 0.05) is 23.1 Å². The predicted octanol–water partition coefficient (Wildman–Crippen LogP) is 2.98. The number of fused-ring (bicyclic) bond motifs is 4. The van der Waals surface area contributed by atoms with E-state index in [4.69, 9.17) is 9.47 Å². The molecule has 0 radical (unpaired) electrons. The van der Waals surface area contributed by atoms with Crippen LogP contribution in [0.15, 0.2) is 41.2 Å². The lowest BCUT2D eigenvalue weighted by Crippen LogP contribution is -2.26. The Morgan fingerprint density at radius 3 is 2.93 bits per heavy atom. The molecule has 3 heterocycles. The summed E-state index contributed by atoms with van der Waals surface area (Å²) in [6.45, 7) is 0. The predicted molar refractivity (Wildman–Crippen MR) is 101 cm³/mol. The second kappa shape index (κ2) is 5.88. The Hall–Kier alpha value is -3.26. The van der Waals surface area contributed by atoms with Crippen LogP contribution in [0.2, 0.25) is 0 Å². The van der Waals surface area contributed by atoms with Gasteiger partial charge in [0.05, 0.1) is 30.8 Å². The second-order valence-electron chi connectivity index (χ2n) is 6.35. The molecule has 0 saturated heterocycles. The number of pyridine rings is 1. The summed E-state index contributed by atoms with van der Waals surface area (Å²) in [6.07, 6.45) is 0.0778. The maximum Gasteiger partial charge on any atom is 0.312 e. The van der Waals surface area contributed by atoms with E-state index in [1.165, 1.54) is 0 Å². The molecule has 1 aliphatic rings. The molecule has 1 aliphatic heterocycles. The average molecular weight is 379 g/mol. The molecule has 7 nitrogen and oxygen atoms in total. The number of benzene rings is 2. The number of ether oxygens (including phenoxy) is 2. The number of esters is 1. The molecule has 5 rings (SSSR count). The summed E-state index contributed by atoms with van der Waals surface area (Å²) >= 11 is 1.09. The molecule has 2 aromatic heterocycles. The van der Waals surface area contributed by atoms with Crippen LogP contribution in [0.1, 0.15) is 23.5 Å². The van der Waals surface area contributed by atoms with Crippen LogP contribution in [-0.4, -0.2) is 26.8 Å².